The molecular weight excluding hydrogens is 326 g/mol. The molecule has 1 aliphatic heterocycles. The lowest BCUT2D eigenvalue weighted by Gasteiger charge is -2.25. The molecule has 3 atom stereocenters. The van der Waals surface area contributed by atoms with Crippen molar-refractivity contribution in [1.29, 1.82) is 0 Å². The molecule has 25 heavy (non-hydrogen) atoms. The van der Waals surface area contributed by atoms with Crippen molar-refractivity contribution in [2.24, 2.45) is 4.99 Å². The number of anilines is 1. The van der Waals surface area contributed by atoms with Gasteiger partial charge in [0.1, 0.15) is 23.5 Å². The van der Waals surface area contributed by atoms with Crippen LogP contribution in [0.4, 0.5) is 5.82 Å². The minimum Gasteiger partial charge on any atom is -0.394 e. The number of ether oxygens (including phenoxy) is 2. The molecule has 0 bridgehead atoms. The molecule has 9 heteroatoms. The standard InChI is InChI=1S/C16H23N5O4/c1-15(2,23)24-11-6-16(8-18-3,25-12(11)7-22)13-5-4-10-14(17)19-9-20-21(10)13/h4-5,8-9,11-12,22-23H,6-7H2,1-3H3,(H2,17,19,20)/t11-,12+,16-/m0/s1. The average Bonchev–Trinajstić information content (AvgIpc) is 3.09. The first-order valence-electron chi connectivity index (χ1n) is 8.00. The molecule has 1 saturated heterocycles. The van der Waals surface area contributed by atoms with Gasteiger partial charge < -0.3 is 25.4 Å². The van der Waals surface area contributed by atoms with Crippen LogP contribution in [-0.2, 0) is 15.1 Å². The number of aromatic nitrogens is 3. The predicted molar refractivity (Wildman–Crippen MR) is 91.2 cm³/mol. The molecule has 0 aliphatic carbocycles. The van der Waals surface area contributed by atoms with Crippen molar-refractivity contribution in [2.45, 2.75) is 43.9 Å². The number of hydrogen-bond donors (Lipinski definition) is 3. The Morgan fingerprint density at radius 1 is 1.56 bits per heavy atom. The smallest absolute Gasteiger partial charge is 0.160 e. The SMILES string of the molecule is CN=C[C@]1(c2ccc3c(N)ncnn23)C[C@H](OC(C)(C)O)[C@@H](CO)O1. The van der Waals surface area contributed by atoms with Gasteiger partial charge in [0.15, 0.2) is 11.6 Å². The first-order chi connectivity index (χ1) is 11.8. The van der Waals surface area contributed by atoms with Gasteiger partial charge in [-0.25, -0.2) is 9.50 Å². The van der Waals surface area contributed by atoms with Crippen LogP contribution in [0.25, 0.3) is 5.52 Å². The van der Waals surface area contributed by atoms with Crippen molar-refractivity contribution in [3.05, 3.63) is 24.2 Å². The highest BCUT2D eigenvalue weighted by molar-refractivity contribution is 5.74. The number of rotatable bonds is 5. The van der Waals surface area contributed by atoms with Gasteiger partial charge in [0.25, 0.3) is 0 Å². The highest BCUT2D eigenvalue weighted by Gasteiger charge is 2.50. The Labute approximate surface area is 145 Å². The molecule has 0 unspecified atom stereocenters. The van der Waals surface area contributed by atoms with E-state index in [0.717, 1.165) is 0 Å². The van der Waals surface area contributed by atoms with Crippen LogP contribution in [0.1, 0.15) is 26.0 Å². The second kappa shape index (κ2) is 6.34. The van der Waals surface area contributed by atoms with E-state index in [1.807, 2.05) is 6.07 Å². The van der Waals surface area contributed by atoms with Crippen LogP contribution in [0, 0.1) is 0 Å². The number of aliphatic imine (C=N–C) groups is 1. The molecular formula is C16H23N5O4. The zero-order valence-corrected chi connectivity index (χ0v) is 14.5. The van der Waals surface area contributed by atoms with Crippen molar-refractivity contribution in [3.63, 3.8) is 0 Å². The second-order valence-electron chi connectivity index (χ2n) is 6.58. The van der Waals surface area contributed by atoms with Gasteiger partial charge in [-0.15, -0.1) is 0 Å². The molecule has 1 aliphatic rings. The van der Waals surface area contributed by atoms with E-state index in [1.165, 1.54) is 20.2 Å². The van der Waals surface area contributed by atoms with Crippen molar-refractivity contribution < 1.29 is 19.7 Å². The van der Waals surface area contributed by atoms with Crippen molar-refractivity contribution in [1.82, 2.24) is 14.6 Å². The van der Waals surface area contributed by atoms with E-state index in [2.05, 4.69) is 15.1 Å². The van der Waals surface area contributed by atoms with E-state index in [-0.39, 0.29) is 6.61 Å². The largest absolute Gasteiger partial charge is 0.394 e. The van der Waals surface area contributed by atoms with Gasteiger partial charge in [-0.05, 0) is 26.0 Å². The summed E-state index contributed by atoms with van der Waals surface area (Å²) in [5, 5.41) is 24.0. The Hall–Kier alpha value is -2.07. The molecule has 0 aromatic carbocycles. The normalized spacial score (nSPS) is 27.6. The minimum atomic E-state index is -1.35. The van der Waals surface area contributed by atoms with E-state index in [1.54, 1.807) is 23.8 Å². The van der Waals surface area contributed by atoms with Gasteiger partial charge in [0.05, 0.1) is 18.4 Å². The van der Waals surface area contributed by atoms with Gasteiger partial charge in [-0.1, -0.05) is 0 Å². The number of hydrogen-bond acceptors (Lipinski definition) is 8. The lowest BCUT2D eigenvalue weighted by molar-refractivity contribution is -0.217. The van der Waals surface area contributed by atoms with E-state index in [0.29, 0.717) is 23.4 Å². The Morgan fingerprint density at radius 3 is 2.96 bits per heavy atom. The molecule has 1 fully saturated rings. The molecule has 136 valence electrons. The minimum absolute atomic E-state index is 0.250. The van der Waals surface area contributed by atoms with Gasteiger partial charge in [0.2, 0.25) is 0 Å². The number of fused-ring (bicyclic) bond motifs is 1. The highest BCUT2D eigenvalue weighted by Crippen LogP contribution is 2.41. The Kier molecular flexibility index (Phi) is 4.50. The Bertz CT molecular complexity index is 784. The van der Waals surface area contributed by atoms with Crippen LogP contribution in [-0.4, -0.2) is 62.7 Å². The molecule has 0 radical (unpaired) electrons. The third kappa shape index (κ3) is 3.23. The third-order valence-electron chi connectivity index (χ3n) is 4.15. The Morgan fingerprint density at radius 2 is 2.32 bits per heavy atom. The first kappa shape index (κ1) is 17.7. The lowest BCUT2D eigenvalue weighted by atomic mass is 9.95. The lowest BCUT2D eigenvalue weighted by Crippen LogP contribution is -2.36. The van der Waals surface area contributed by atoms with Crippen molar-refractivity contribution >= 4 is 17.5 Å². The molecule has 0 spiro atoms. The van der Waals surface area contributed by atoms with Crippen LogP contribution >= 0.6 is 0 Å². The van der Waals surface area contributed by atoms with Crippen LogP contribution in [0.5, 0.6) is 0 Å². The quantitative estimate of drug-likeness (QED) is 0.516. The number of nitrogens with zero attached hydrogens (tertiary/aromatic N) is 4. The molecule has 3 heterocycles. The van der Waals surface area contributed by atoms with Crippen molar-refractivity contribution in [2.75, 3.05) is 19.4 Å². The predicted octanol–water partition coefficient (Wildman–Crippen LogP) is 0.102. The van der Waals surface area contributed by atoms with Crippen LogP contribution < -0.4 is 5.73 Å². The molecule has 0 saturated carbocycles. The molecule has 4 N–H and O–H groups in total. The first-order valence-corrected chi connectivity index (χ1v) is 8.00. The van der Waals surface area contributed by atoms with Crippen molar-refractivity contribution in [3.8, 4) is 0 Å². The Balaban J connectivity index is 2.07. The zero-order valence-electron chi connectivity index (χ0n) is 14.5. The number of nitrogen functional groups attached to an aromatic ring is 1. The van der Waals surface area contributed by atoms with E-state index in [4.69, 9.17) is 15.2 Å². The van der Waals surface area contributed by atoms with Crippen LogP contribution in [0.3, 0.4) is 0 Å². The molecule has 2 aromatic rings. The van der Waals surface area contributed by atoms with E-state index >= 15 is 0 Å². The third-order valence-corrected chi connectivity index (χ3v) is 4.15. The summed E-state index contributed by atoms with van der Waals surface area (Å²) in [6, 6.07) is 3.64. The summed E-state index contributed by atoms with van der Waals surface area (Å²) in [5.41, 5.74) is 6.29. The fourth-order valence-corrected chi connectivity index (χ4v) is 3.26. The topological polar surface area (TPSA) is 127 Å². The second-order valence-corrected chi connectivity index (χ2v) is 6.58. The summed E-state index contributed by atoms with van der Waals surface area (Å²) in [7, 11) is 1.64. The summed E-state index contributed by atoms with van der Waals surface area (Å²) in [5.74, 6) is -1.000. The summed E-state index contributed by atoms with van der Waals surface area (Å²) < 4.78 is 13.5. The monoisotopic (exact) mass is 349 g/mol. The highest BCUT2D eigenvalue weighted by atomic mass is 16.7. The van der Waals surface area contributed by atoms with Gasteiger partial charge in [-0.2, -0.15) is 5.10 Å². The number of aliphatic hydroxyl groups excluding tert-OH is 1. The maximum Gasteiger partial charge on any atom is 0.160 e. The summed E-state index contributed by atoms with van der Waals surface area (Å²) in [6.45, 7) is 2.83. The molecule has 2 aromatic heterocycles. The van der Waals surface area contributed by atoms with Gasteiger partial charge in [0, 0.05) is 19.7 Å². The van der Waals surface area contributed by atoms with Gasteiger partial charge in [-0.3, -0.25) is 4.99 Å². The summed E-state index contributed by atoms with van der Waals surface area (Å²) >= 11 is 0. The summed E-state index contributed by atoms with van der Waals surface area (Å²) in [4.78, 5) is 8.12. The van der Waals surface area contributed by atoms with Crippen LogP contribution in [0.2, 0.25) is 0 Å². The number of aliphatic hydroxyl groups is 2. The number of nitrogens with two attached hydrogens (primary N) is 1. The molecule has 9 nitrogen and oxygen atoms in total. The zero-order chi connectivity index (χ0) is 18.2. The fraction of sp³-hybridized carbons (Fsp3) is 0.562. The van der Waals surface area contributed by atoms with E-state index < -0.39 is 23.6 Å². The van der Waals surface area contributed by atoms with Crippen LogP contribution in [0.15, 0.2) is 23.5 Å². The average molecular weight is 349 g/mol. The molecule has 3 rings (SSSR count). The summed E-state index contributed by atoms with van der Waals surface area (Å²) in [6.07, 6.45) is 2.24. The maximum absolute atomic E-state index is 9.99. The van der Waals surface area contributed by atoms with E-state index in [9.17, 15) is 10.2 Å². The maximum atomic E-state index is 9.99. The van der Waals surface area contributed by atoms with Gasteiger partial charge >= 0.3 is 0 Å². The fourth-order valence-electron chi connectivity index (χ4n) is 3.26. The molecule has 0 amide bonds.